The molecule has 3 aromatic heterocycles. The van der Waals surface area contributed by atoms with E-state index in [-0.39, 0.29) is 20.1 Å². The first-order valence-corrected chi connectivity index (χ1v) is 5.37. The Morgan fingerprint density at radius 1 is 1.39 bits per heavy atom. The summed E-state index contributed by atoms with van der Waals surface area (Å²) in [6.07, 6.45) is 3.63. The normalized spacial score (nSPS) is 11.2. The molecule has 18 heavy (non-hydrogen) atoms. The number of imidazole rings is 1. The molecule has 91 valence electrons. The van der Waals surface area contributed by atoms with Gasteiger partial charge in [-0.1, -0.05) is 10.8 Å². The van der Waals surface area contributed by atoms with Gasteiger partial charge in [-0.15, -0.1) is 24.3 Å². The first kappa shape index (κ1) is 11.4. The number of nitrogens with zero attached hydrogens (tertiary/aromatic N) is 3. The van der Waals surface area contributed by atoms with Crippen molar-refractivity contribution >= 4 is 27.6 Å². The molecule has 0 amide bonds. The Balaban J connectivity index is 0.000001000. The van der Waals surface area contributed by atoms with E-state index < -0.39 is 0 Å². The first-order valence-electron chi connectivity index (χ1n) is 5.37. The van der Waals surface area contributed by atoms with Crippen molar-refractivity contribution in [1.29, 1.82) is 0 Å². The van der Waals surface area contributed by atoms with E-state index in [1.165, 1.54) is 0 Å². The molecule has 4 aromatic rings. The Bertz CT molecular complexity index is 862. The Labute approximate surface area is 116 Å². The second kappa shape index (κ2) is 3.90. The predicted octanol–water partition coefficient (Wildman–Crippen LogP) is 2.73. The number of oxazole rings is 1. The smallest absolute Gasteiger partial charge is 0.216 e. The van der Waals surface area contributed by atoms with E-state index in [0.29, 0.717) is 5.89 Å². The number of aromatic nitrogens is 3. The Kier molecular flexibility index (Phi) is 2.47. The van der Waals surface area contributed by atoms with Crippen molar-refractivity contribution < 1.29 is 24.5 Å². The number of benzene rings is 1. The summed E-state index contributed by atoms with van der Waals surface area (Å²) in [5.41, 5.74) is 2.45. The fourth-order valence-electron chi connectivity index (χ4n) is 2.23. The van der Waals surface area contributed by atoms with Crippen molar-refractivity contribution in [2.45, 2.75) is 6.92 Å². The van der Waals surface area contributed by atoms with Gasteiger partial charge in [0.1, 0.15) is 0 Å². The summed E-state index contributed by atoms with van der Waals surface area (Å²) in [4.78, 5) is 8.79. The fourth-order valence-corrected chi connectivity index (χ4v) is 2.23. The molecule has 0 bridgehead atoms. The number of fused-ring (bicyclic) bond motifs is 6. The van der Waals surface area contributed by atoms with Gasteiger partial charge in [0.05, 0.1) is 11.2 Å². The van der Waals surface area contributed by atoms with E-state index in [9.17, 15) is 0 Å². The molecular weight excluding hydrogens is 406 g/mol. The van der Waals surface area contributed by atoms with Gasteiger partial charge in [0, 0.05) is 39.4 Å². The van der Waals surface area contributed by atoms with Crippen LogP contribution in [0.5, 0.6) is 0 Å². The molecule has 1 aromatic carbocycles. The zero-order valence-corrected chi connectivity index (χ0v) is 11.9. The van der Waals surface area contributed by atoms with Gasteiger partial charge in [0.15, 0.2) is 5.89 Å². The molecule has 0 saturated carbocycles. The number of hydrogen-bond donors (Lipinski definition) is 0. The maximum atomic E-state index is 5.65. The van der Waals surface area contributed by atoms with E-state index >= 15 is 0 Å². The van der Waals surface area contributed by atoms with Gasteiger partial charge in [-0.25, -0.2) is 4.98 Å². The summed E-state index contributed by atoms with van der Waals surface area (Å²) in [6.45, 7) is 1.85. The van der Waals surface area contributed by atoms with Crippen LogP contribution in [0, 0.1) is 13.0 Å². The molecule has 0 spiro atoms. The van der Waals surface area contributed by atoms with Crippen molar-refractivity contribution in [3.8, 4) is 0 Å². The maximum Gasteiger partial charge on any atom is 0.216 e. The van der Waals surface area contributed by atoms with E-state index in [0.717, 1.165) is 27.6 Å². The second-order valence-corrected chi connectivity index (χ2v) is 3.97. The monoisotopic (exact) mass is 415 g/mol. The molecule has 4 rings (SSSR count). The van der Waals surface area contributed by atoms with Crippen LogP contribution in [0.15, 0.2) is 35.0 Å². The van der Waals surface area contributed by atoms with Crippen molar-refractivity contribution in [1.82, 2.24) is 14.4 Å². The van der Waals surface area contributed by atoms with Crippen LogP contribution in [-0.2, 0) is 20.1 Å². The molecule has 5 heteroatoms. The number of rotatable bonds is 0. The van der Waals surface area contributed by atoms with Gasteiger partial charge in [-0.2, -0.15) is 0 Å². The van der Waals surface area contributed by atoms with Gasteiger partial charge in [-0.3, -0.25) is 4.98 Å². The van der Waals surface area contributed by atoms with Crippen LogP contribution in [-0.4, -0.2) is 14.4 Å². The maximum absolute atomic E-state index is 5.65. The molecule has 0 aliphatic heterocycles. The van der Waals surface area contributed by atoms with E-state index in [1.807, 2.05) is 35.7 Å². The Morgan fingerprint density at radius 3 is 3.17 bits per heavy atom. The van der Waals surface area contributed by atoms with Gasteiger partial charge < -0.3 is 8.82 Å². The van der Waals surface area contributed by atoms with Crippen LogP contribution in [0.1, 0.15) is 5.89 Å². The van der Waals surface area contributed by atoms with Crippen LogP contribution in [0.3, 0.4) is 0 Å². The third kappa shape index (κ3) is 1.35. The van der Waals surface area contributed by atoms with Gasteiger partial charge in [0.2, 0.25) is 5.71 Å². The minimum absolute atomic E-state index is 0. The molecule has 0 aliphatic carbocycles. The molecule has 0 aliphatic rings. The van der Waals surface area contributed by atoms with Crippen LogP contribution >= 0.6 is 0 Å². The zero-order chi connectivity index (χ0) is 11.4. The molecule has 0 atom stereocenters. The van der Waals surface area contributed by atoms with Gasteiger partial charge >= 0.3 is 0 Å². The first-order chi connectivity index (χ1) is 8.34. The molecule has 0 unspecified atom stereocenters. The summed E-state index contributed by atoms with van der Waals surface area (Å²) in [5, 5.41) is 2.00. The molecule has 0 saturated heterocycles. The average molecular weight is 414 g/mol. The number of hydrogen-bond acceptors (Lipinski definition) is 3. The summed E-state index contributed by atoms with van der Waals surface area (Å²) >= 11 is 0. The van der Waals surface area contributed by atoms with E-state index in [2.05, 4.69) is 16.0 Å². The van der Waals surface area contributed by atoms with Crippen LogP contribution < -0.4 is 0 Å². The molecular formula is C13H8IrN3O-. The van der Waals surface area contributed by atoms with Crippen molar-refractivity contribution in [2.24, 2.45) is 0 Å². The van der Waals surface area contributed by atoms with E-state index in [4.69, 9.17) is 4.42 Å². The molecule has 1 radical (unpaired) electrons. The summed E-state index contributed by atoms with van der Waals surface area (Å²) in [6, 6.07) is 9.07. The summed E-state index contributed by atoms with van der Waals surface area (Å²) in [5.74, 6) is 0.659. The number of pyridine rings is 1. The Hall–Kier alpha value is -1.71. The summed E-state index contributed by atoms with van der Waals surface area (Å²) in [7, 11) is 0. The minimum atomic E-state index is 0. The third-order valence-corrected chi connectivity index (χ3v) is 2.91. The quantitative estimate of drug-likeness (QED) is 0.416. The standard InChI is InChI=1S/C13H8N3O.Ir/c1-8-15-11-9-4-2-3-5-10(9)12-14-6-7-16(12)13(11)17-8;/h2-4,6-7H,1H3;/q-1;. The largest absolute Gasteiger partial charge is 0.426 e. The zero-order valence-electron chi connectivity index (χ0n) is 9.47. The average Bonchev–Trinajstić information content (AvgIpc) is 2.94. The van der Waals surface area contributed by atoms with Crippen molar-refractivity contribution in [2.75, 3.05) is 0 Å². The molecule has 3 heterocycles. The molecule has 4 nitrogen and oxygen atoms in total. The predicted molar refractivity (Wildman–Crippen MR) is 63.8 cm³/mol. The van der Waals surface area contributed by atoms with Gasteiger partial charge in [-0.05, 0) is 0 Å². The van der Waals surface area contributed by atoms with Gasteiger partial charge in [0.25, 0.3) is 0 Å². The van der Waals surface area contributed by atoms with Crippen LogP contribution in [0.25, 0.3) is 27.6 Å². The molecule has 0 fully saturated rings. The summed E-state index contributed by atoms with van der Waals surface area (Å²) < 4.78 is 7.56. The number of aryl methyl sites for hydroxylation is 1. The van der Waals surface area contributed by atoms with Crippen molar-refractivity contribution in [3.05, 3.63) is 42.5 Å². The van der Waals surface area contributed by atoms with Crippen molar-refractivity contribution in [3.63, 3.8) is 0 Å². The topological polar surface area (TPSA) is 43.3 Å². The van der Waals surface area contributed by atoms with Crippen LogP contribution in [0.2, 0.25) is 0 Å². The SMILES string of the molecule is Cc1nc2c3ccc[c-]c3c3nccn3c2o1.[Ir]. The fraction of sp³-hybridized carbons (Fsp3) is 0.0769. The van der Waals surface area contributed by atoms with E-state index in [1.54, 1.807) is 6.20 Å². The van der Waals surface area contributed by atoms with Crippen LogP contribution in [0.4, 0.5) is 0 Å². The second-order valence-electron chi connectivity index (χ2n) is 3.97. The minimum Gasteiger partial charge on any atom is -0.426 e. The Morgan fingerprint density at radius 2 is 2.28 bits per heavy atom. The molecule has 0 N–H and O–H groups in total. The third-order valence-electron chi connectivity index (χ3n) is 2.91.